The molecule has 0 aliphatic rings. The number of nitrogens with one attached hydrogen (secondary N) is 2. The molecule has 0 saturated heterocycles. The molecule has 0 saturated carbocycles. The first kappa shape index (κ1) is 16.3. The molecular weight excluding hydrogens is 323 g/mol. The van der Waals surface area contributed by atoms with Crippen LogP contribution in [-0.2, 0) is 9.59 Å². The molecule has 0 heterocycles. The van der Waals surface area contributed by atoms with Gasteiger partial charge < -0.3 is 10.6 Å². The number of halogens is 2. The summed E-state index contributed by atoms with van der Waals surface area (Å²) in [7, 11) is 0. The summed E-state index contributed by atoms with van der Waals surface area (Å²) in [6.07, 6.45) is -0.308. The van der Waals surface area contributed by atoms with E-state index < -0.39 is 11.8 Å². The summed E-state index contributed by atoms with van der Waals surface area (Å²) < 4.78 is 0. The average Bonchev–Trinajstić information content (AvgIpc) is 2.46. The molecule has 2 rings (SSSR count). The summed E-state index contributed by atoms with van der Waals surface area (Å²) in [5, 5.41) is 5.84. The van der Waals surface area contributed by atoms with Gasteiger partial charge in [-0.3, -0.25) is 9.59 Å². The van der Waals surface area contributed by atoms with E-state index in [1.54, 1.807) is 24.3 Å². The summed E-state index contributed by atoms with van der Waals surface area (Å²) in [4.78, 5) is 23.8. The molecule has 0 atom stereocenters. The molecule has 0 unspecified atom stereocenters. The molecular formula is C16H14Cl2N2O2. The highest BCUT2D eigenvalue weighted by molar-refractivity contribution is 6.44. The minimum Gasteiger partial charge on any atom is -0.325 e. The smallest absolute Gasteiger partial charge is 0.233 e. The molecule has 2 N–H and O–H groups in total. The molecule has 114 valence electrons. The maximum atomic E-state index is 11.9. The van der Waals surface area contributed by atoms with Crippen LogP contribution in [-0.4, -0.2) is 11.8 Å². The van der Waals surface area contributed by atoms with Crippen LogP contribution in [0.2, 0.25) is 10.0 Å². The summed E-state index contributed by atoms with van der Waals surface area (Å²) in [6.45, 7) is 1.88. The summed E-state index contributed by atoms with van der Waals surface area (Å²) in [6, 6.07) is 12.2. The minimum atomic E-state index is -0.463. The number of anilines is 2. The van der Waals surface area contributed by atoms with Gasteiger partial charge in [-0.15, -0.1) is 0 Å². The summed E-state index contributed by atoms with van der Waals surface area (Å²) in [5.74, 6) is -0.861. The Kier molecular flexibility index (Phi) is 5.41. The molecule has 0 bridgehead atoms. The number of para-hydroxylation sites is 1. The van der Waals surface area contributed by atoms with Crippen molar-refractivity contribution >= 4 is 46.4 Å². The zero-order chi connectivity index (χ0) is 16.1. The van der Waals surface area contributed by atoms with Crippen molar-refractivity contribution in [1.82, 2.24) is 0 Å². The van der Waals surface area contributed by atoms with Gasteiger partial charge in [-0.05, 0) is 30.7 Å². The molecule has 2 amide bonds. The number of amides is 2. The van der Waals surface area contributed by atoms with Crippen molar-refractivity contribution in [3.63, 3.8) is 0 Å². The molecule has 6 heteroatoms. The number of aryl methyl sites for hydroxylation is 1. The molecule has 0 aromatic heterocycles. The molecule has 0 fully saturated rings. The molecule has 0 aliphatic carbocycles. The van der Waals surface area contributed by atoms with E-state index in [0.717, 1.165) is 5.56 Å². The van der Waals surface area contributed by atoms with Gasteiger partial charge in [0.05, 0.1) is 15.7 Å². The van der Waals surface area contributed by atoms with Crippen molar-refractivity contribution in [3.05, 3.63) is 58.1 Å². The van der Waals surface area contributed by atoms with Gasteiger partial charge in [0.1, 0.15) is 6.42 Å². The largest absolute Gasteiger partial charge is 0.325 e. The van der Waals surface area contributed by atoms with Crippen molar-refractivity contribution in [3.8, 4) is 0 Å². The predicted molar refractivity (Wildman–Crippen MR) is 89.5 cm³/mol. The van der Waals surface area contributed by atoms with E-state index in [1.807, 2.05) is 25.1 Å². The van der Waals surface area contributed by atoms with E-state index in [9.17, 15) is 9.59 Å². The van der Waals surface area contributed by atoms with Gasteiger partial charge in [-0.25, -0.2) is 0 Å². The quantitative estimate of drug-likeness (QED) is 0.819. The third kappa shape index (κ3) is 4.23. The van der Waals surface area contributed by atoms with Gasteiger partial charge in [-0.1, -0.05) is 47.5 Å². The molecule has 2 aromatic rings. The third-order valence-electron chi connectivity index (χ3n) is 2.97. The van der Waals surface area contributed by atoms with Crippen LogP contribution >= 0.6 is 23.2 Å². The van der Waals surface area contributed by atoms with Gasteiger partial charge >= 0.3 is 0 Å². The van der Waals surface area contributed by atoms with E-state index in [4.69, 9.17) is 23.2 Å². The fourth-order valence-electron chi connectivity index (χ4n) is 1.85. The van der Waals surface area contributed by atoms with Crippen molar-refractivity contribution in [2.45, 2.75) is 13.3 Å². The lowest BCUT2D eigenvalue weighted by Crippen LogP contribution is -2.21. The highest BCUT2D eigenvalue weighted by atomic mass is 35.5. The molecule has 2 aromatic carbocycles. The van der Waals surface area contributed by atoms with E-state index in [1.165, 1.54) is 0 Å². The monoisotopic (exact) mass is 336 g/mol. The number of rotatable bonds is 4. The minimum absolute atomic E-state index is 0.247. The second kappa shape index (κ2) is 7.29. The number of benzene rings is 2. The molecule has 22 heavy (non-hydrogen) atoms. The van der Waals surface area contributed by atoms with Crippen LogP contribution in [0.15, 0.2) is 42.5 Å². The highest BCUT2D eigenvalue weighted by Crippen LogP contribution is 2.29. The van der Waals surface area contributed by atoms with Gasteiger partial charge in [0.25, 0.3) is 0 Å². The first-order valence-electron chi connectivity index (χ1n) is 6.56. The van der Waals surface area contributed by atoms with Gasteiger partial charge in [0.2, 0.25) is 11.8 Å². The normalized spacial score (nSPS) is 10.1. The van der Waals surface area contributed by atoms with Gasteiger partial charge in [0, 0.05) is 5.69 Å². The highest BCUT2D eigenvalue weighted by Gasteiger charge is 2.13. The van der Waals surface area contributed by atoms with Crippen molar-refractivity contribution in [2.75, 3.05) is 10.6 Å². The number of carbonyl (C=O) groups excluding carboxylic acids is 2. The number of carbonyl (C=O) groups is 2. The Morgan fingerprint density at radius 1 is 0.909 bits per heavy atom. The molecule has 0 spiro atoms. The van der Waals surface area contributed by atoms with Crippen molar-refractivity contribution < 1.29 is 9.59 Å². The lowest BCUT2D eigenvalue weighted by atomic mass is 10.2. The standard InChI is InChI=1S/C16H14Cl2N2O2/c1-10-5-2-3-7-12(10)19-14(21)9-15(22)20-13-8-4-6-11(17)16(13)18/h2-8H,9H2,1H3,(H,19,21)(H,20,22). The Bertz CT molecular complexity index is 717. The lowest BCUT2D eigenvalue weighted by Gasteiger charge is -2.10. The van der Waals surface area contributed by atoms with Crippen LogP contribution in [0.25, 0.3) is 0 Å². The van der Waals surface area contributed by atoms with Crippen LogP contribution in [0.5, 0.6) is 0 Å². The van der Waals surface area contributed by atoms with Gasteiger partial charge in [-0.2, -0.15) is 0 Å². The van der Waals surface area contributed by atoms with Crippen LogP contribution in [0.1, 0.15) is 12.0 Å². The number of hydrogen-bond acceptors (Lipinski definition) is 2. The van der Waals surface area contributed by atoms with Crippen LogP contribution < -0.4 is 10.6 Å². The Balaban J connectivity index is 1.96. The van der Waals surface area contributed by atoms with E-state index in [-0.39, 0.29) is 11.4 Å². The van der Waals surface area contributed by atoms with Gasteiger partial charge in [0.15, 0.2) is 0 Å². The third-order valence-corrected chi connectivity index (χ3v) is 3.78. The average molecular weight is 337 g/mol. The molecule has 4 nitrogen and oxygen atoms in total. The van der Waals surface area contributed by atoms with Crippen LogP contribution in [0.4, 0.5) is 11.4 Å². The maximum absolute atomic E-state index is 11.9. The van der Waals surface area contributed by atoms with E-state index in [0.29, 0.717) is 16.4 Å². The Labute approximate surface area is 138 Å². The fraction of sp³-hybridized carbons (Fsp3) is 0.125. The SMILES string of the molecule is Cc1ccccc1NC(=O)CC(=O)Nc1cccc(Cl)c1Cl. The Hall–Kier alpha value is -2.04. The topological polar surface area (TPSA) is 58.2 Å². The zero-order valence-electron chi connectivity index (χ0n) is 11.8. The van der Waals surface area contributed by atoms with E-state index in [2.05, 4.69) is 10.6 Å². The lowest BCUT2D eigenvalue weighted by molar-refractivity contribution is -0.123. The summed E-state index contributed by atoms with van der Waals surface area (Å²) >= 11 is 11.8. The first-order chi connectivity index (χ1) is 10.5. The van der Waals surface area contributed by atoms with Crippen molar-refractivity contribution in [1.29, 1.82) is 0 Å². The second-order valence-electron chi connectivity index (χ2n) is 4.69. The van der Waals surface area contributed by atoms with E-state index >= 15 is 0 Å². The fourth-order valence-corrected chi connectivity index (χ4v) is 2.20. The molecule has 0 aliphatic heterocycles. The van der Waals surface area contributed by atoms with Crippen LogP contribution in [0.3, 0.4) is 0 Å². The first-order valence-corrected chi connectivity index (χ1v) is 7.32. The summed E-state index contributed by atoms with van der Waals surface area (Å²) in [5.41, 5.74) is 1.98. The Morgan fingerprint density at radius 3 is 2.18 bits per heavy atom. The second-order valence-corrected chi connectivity index (χ2v) is 5.47. The Morgan fingerprint density at radius 2 is 1.50 bits per heavy atom. The zero-order valence-corrected chi connectivity index (χ0v) is 13.3. The number of hydrogen-bond donors (Lipinski definition) is 2. The molecule has 0 radical (unpaired) electrons. The maximum Gasteiger partial charge on any atom is 0.233 e. The van der Waals surface area contributed by atoms with Crippen molar-refractivity contribution in [2.24, 2.45) is 0 Å². The predicted octanol–water partition coefficient (Wildman–Crippen LogP) is 4.27. The van der Waals surface area contributed by atoms with Crippen LogP contribution in [0, 0.1) is 6.92 Å².